The van der Waals surface area contributed by atoms with Gasteiger partial charge in [0.05, 0.1) is 17.1 Å². The lowest BCUT2D eigenvalue weighted by Crippen LogP contribution is -2.18. The summed E-state index contributed by atoms with van der Waals surface area (Å²) in [4.78, 5) is 25.4. The van der Waals surface area contributed by atoms with Crippen LogP contribution in [0.1, 0.15) is 46.3 Å². The van der Waals surface area contributed by atoms with Crippen LogP contribution in [0.2, 0.25) is 0 Å². The number of nitrogens with one attached hydrogen (secondary N) is 2. The molecule has 2 amide bonds. The van der Waals surface area contributed by atoms with Gasteiger partial charge in [0.1, 0.15) is 5.82 Å². The lowest BCUT2D eigenvalue weighted by Gasteiger charge is -2.14. The van der Waals surface area contributed by atoms with Gasteiger partial charge in [-0.15, -0.1) is 11.3 Å². The Morgan fingerprint density at radius 1 is 1.15 bits per heavy atom. The van der Waals surface area contributed by atoms with Crippen molar-refractivity contribution in [3.63, 3.8) is 0 Å². The molecule has 0 bridgehead atoms. The second-order valence-corrected chi connectivity index (χ2v) is 6.83. The smallest absolute Gasteiger partial charge is 0.265 e. The van der Waals surface area contributed by atoms with E-state index < -0.39 is 0 Å². The van der Waals surface area contributed by atoms with Gasteiger partial charge in [-0.2, -0.15) is 5.10 Å². The molecule has 2 N–H and O–H groups in total. The summed E-state index contributed by atoms with van der Waals surface area (Å²) in [6, 6.07) is 12.4. The average molecular weight is 368 g/mol. The van der Waals surface area contributed by atoms with Gasteiger partial charge in [0.2, 0.25) is 0 Å². The number of rotatable bonds is 6. The van der Waals surface area contributed by atoms with E-state index in [0.717, 1.165) is 6.42 Å². The third kappa shape index (κ3) is 4.00. The molecule has 1 unspecified atom stereocenters. The van der Waals surface area contributed by atoms with Crippen molar-refractivity contribution < 1.29 is 9.59 Å². The lowest BCUT2D eigenvalue weighted by molar-refractivity contribution is 0.101. The zero-order chi connectivity index (χ0) is 18.5. The highest BCUT2D eigenvalue weighted by molar-refractivity contribution is 7.12. The first-order valence-corrected chi connectivity index (χ1v) is 9.26. The molecule has 0 aliphatic rings. The number of hydrogen-bond acceptors (Lipinski definition) is 4. The predicted molar refractivity (Wildman–Crippen MR) is 104 cm³/mol. The van der Waals surface area contributed by atoms with Gasteiger partial charge < -0.3 is 10.6 Å². The highest BCUT2D eigenvalue weighted by Gasteiger charge is 2.14. The number of carbonyl (C=O) groups is 2. The van der Waals surface area contributed by atoms with Crippen LogP contribution in [-0.4, -0.2) is 21.6 Å². The molecule has 0 saturated carbocycles. The van der Waals surface area contributed by atoms with Crippen LogP contribution in [0.15, 0.2) is 54.0 Å². The standard InChI is InChI=1S/C19H20N4O2S/c1-3-13(2)23-17(9-10-20-23)22-18(24)14-6-4-7-15(12-14)21-19(25)16-8-5-11-26-16/h4-13H,3H2,1-2H3,(H,21,25)(H,22,24). The third-order valence-electron chi connectivity index (χ3n) is 4.05. The third-order valence-corrected chi connectivity index (χ3v) is 4.92. The van der Waals surface area contributed by atoms with Crippen LogP contribution < -0.4 is 10.6 Å². The Hall–Kier alpha value is -2.93. The Balaban J connectivity index is 1.73. The Morgan fingerprint density at radius 3 is 2.73 bits per heavy atom. The monoisotopic (exact) mass is 368 g/mol. The number of anilines is 2. The van der Waals surface area contributed by atoms with Crippen molar-refractivity contribution in [2.45, 2.75) is 26.3 Å². The number of nitrogens with zero attached hydrogens (tertiary/aromatic N) is 2. The van der Waals surface area contributed by atoms with Crippen LogP contribution in [-0.2, 0) is 0 Å². The molecule has 1 aromatic carbocycles. The number of amides is 2. The number of aromatic nitrogens is 2. The molecule has 3 aromatic rings. The van der Waals surface area contributed by atoms with Gasteiger partial charge in [-0.25, -0.2) is 4.68 Å². The van der Waals surface area contributed by atoms with E-state index >= 15 is 0 Å². The molecule has 1 atom stereocenters. The van der Waals surface area contributed by atoms with E-state index in [2.05, 4.69) is 22.7 Å². The quantitative estimate of drug-likeness (QED) is 0.676. The normalized spacial score (nSPS) is 11.8. The maximum absolute atomic E-state index is 12.6. The van der Waals surface area contributed by atoms with Crippen molar-refractivity contribution in [2.75, 3.05) is 10.6 Å². The summed E-state index contributed by atoms with van der Waals surface area (Å²) in [5, 5.41) is 11.8. The fourth-order valence-electron chi connectivity index (χ4n) is 2.46. The molecule has 2 aromatic heterocycles. The summed E-state index contributed by atoms with van der Waals surface area (Å²) in [6.07, 6.45) is 2.58. The van der Waals surface area contributed by atoms with Crippen LogP contribution in [0.25, 0.3) is 0 Å². The Bertz CT molecular complexity index is 902. The maximum atomic E-state index is 12.6. The molecular weight excluding hydrogens is 348 g/mol. The Labute approximate surface area is 155 Å². The Morgan fingerprint density at radius 2 is 2.00 bits per heavy atom. The summed E-state index contributed by atoms with van der Waals surface area (Å²) < 4.78 is 1.79. The molecule has 0 spiro atoms. The van der Waals surface area contributed by atoms with Crippen molar-refractivity contribution >= 4 is 34.7 Å². The highest BCUT2D eigenvalue weighted by Crippen LogP contribution is 2.19. The highest BCUT2D eigenvalue weighted by atomic mass is 32.1. The van der Waals surface area contributed by atoms with Gasteiger partial charge in [-0.3, -0.25) is 9.59 Å². The summed E-state index contributed by atoms with van der Waals surface area (Å²) in [5.41, 5.74) is 1.04. The summed E-state index contributed by atoms with van der Waals surface area (Å²) in [7, 11) is 0. The first-order valence-electron chi connectivity index (χ1n) is 8.38. The average Bonchev–Trinajstić information content (AvgIpc) is 3.33. The van der Waals surface area contributed by atoms with Crippen LogP contribution in [0.4, 0.5) is 11.5 Å². The van der Waals surface area contributed by atoms with Gasteiger partial charge >= 0.3 is 0 Å². The minimum atomic E-state index is -0.248. The van der Waals surface area contributed by atoms with Gasteiger partial charge in [0.15, 0.2) is 0 Å². The van der Waals surface area contributed by atoms with Crippen molar-refractivity contribution in [1.29, 1.82) is 0 Å². The van der Waals surface area contributed by atoms with E-state index in [1.807, 2.05) is 18.4 Å². The lowest BCUT2D eigenvalue weighted by atomic mass is 10.2. The molecule has 6 nitrogen and oxygen atoms in total. The second-order valence-electron chi connectivity index (χ2n) is 5.88. The topological polar surface area (TPSA) is 76.0 Å². The van der Waals surface area contributed by atoms with E-state index in [9.17, 15) is 9.59 Å². The fraction of sp³-hybridized carbons (Fsp3) is 0.211. The molecule has 3 rings (SSSR count). The zero-order valence-electron chi connectivity index (χ0n) is 14.6. The first kappa shape index (κ1) is 17.9. The number of benzene rings is 1. The van der Waals surface area contributed by atoms with E-state index in [4.69, 9.17) is 0 Å². The summed E-state index contributed by atoms with van der Waals surface area (Å²) >= 11 is 1.37. The van der Waals surface area contributed by atoms with E-state index in [0.29, 0.717) is 21.9 Å². The molecule has 0 saturated heterocycles. The minimum absolute atomic E-state index is 0.188. The predicted octanol–water partition coefficient (Wildman–Crippen LogP) is 4.42. The van der Waals surface area contributed by atoms with Crippen LogP contribution >= 0.6 is 11.3 Å². The van der Waals surface area contributed by atoms with E-state index in [1.54, 1.807) is 47.3 Å². The van der Waals surface area contributed by atoms with E-state index in [-0.39, 0.29) is 17.9 Å². The number of hydrogen-bond donors (Lipinski definition) is 2. The second kappa shape index (κ2) is 7.97. The molecule has 0 fully saturated rings. The van der Waals surface area contributed by atoms with Gasteiger partial charge in [-0.1, -0.05) is 19.1 Å². The molecule has 0 aliphatic carbocycles. The number of carbonyl (C=O) groups excluding carboxylic acids is 2. The Kier molecular flexibility index (Phi) is 5.48. The van der Waals surface area contributed by atoms with Crippen molar-refractivity contribution in [3.05, 3.63) is 64.5 Å². The van der Waals surface area contributed by atoms with Crippen LogP contribution in [0, 0.1) is 0 Å². The zero-order valence-corrected chi connectivity index (χ0v) is 15.4. The summed E-state index contributed by atoms with van der Waals surface area (Å²) in [6.45, 7) is 4.11. The molecule has 134 valence electrons. The minimum Gasteiger partial charge on any atom is -0.321 e. The SMILES string of the molecule is CCC(C)n1nccc1NC(=O)c1cccc(NC(=O)c2cccs2)c1. The van der Waals surface area contributed by atoms with Crippen LogP contribution in [0.5, 0.6) is 0 Å². The maximum Gasteiger partial charge on any atom is 0.265 e. The molecule has 7 heteroatoms. The van der Waals surface area contributed by atoms with E-state index in [1.165, 1.54) is 11.3 Å². The fourth-order valence-corrected chi connectivity index (χ4v) is 3.08. The van der Waals surface area contributed by atoms with Gasteiger partial charge in [-0.05, 0) is 43.0 Å². The van der Waals surface area contributed by atoms with Crippen LogP contribution in [0.3, 0.4) is 0 Å². The molecular formula is C19H20N4O2S. The molecule has 0 aliphatic heterocycles. The largest absolute Gasteiger partial charge is 0.321 e. The molecule has 0 radical (unpaired) electrons. The molecule has 26 heavy (non-hydrogen) atoms. The van der Waals surface area contributed by atoms with Crippen molar-refractivity contribution in [3.8, 4) is 0 Å². The first-order chi connectivity index (χ1) is 12.6. The van der Waals surface area contributed by atoms with Crippen molar-refractivity contribution in [2.24, 2.45) is 0 Å². The molecule has 2 heterocycles. The van der Waals surface area contributed by atoms with Gasteiger partial charge in [0, 0.05) is 17.3 Å². The number of thiophene rings is 1. The summed E-state index contributed by atoms with van der Waals surface area (Å²) in [5.74, 6) is 0.215. The van der Waals surface area contributed by atoms with Crippen molar-refractivity contribution in [1.82, 2.24) is 9.78 Å². The van der Waals surface area contributed by atoms with Gasteiger partial charge in [0.25, 0.3) is 11.8 Å².